The van der Waals surface area contributed by atoms with Gasteiger partial charge in [0, 0.05) is 19.8 Å². The number of rotatable bonds is 16. The van der Waals surface area contributed by atoms with Gasteiger partial charge in [-0.3, -0.25) is 0 Å². The number of nitrogens with one attached hydrogen (secondary N) is 1. The van der Waals surface area contributed by atoms with E-state index in [1.807, 2.05) is 55.4 Å². The van der Waals surface area contributed by atoms with E-state index in [-0.39, 0.29) is 4.90 Å². The molecule has 0 aliphatic heterocycles. The Morgan fingerprint density at radius 1 is 0.788 bits per heavy atom. The van der Waals surface area contributed by atoms with Crippen LogP contribution >= 0.6 is 0 Å². The van der Waals surface area contributed by atoms with Crippen LogP contribution < -0.4 is 9.73 Å². The van der Waals surface area contributed by atoms with Gasteiger partial charge in [0.25, 0.3) is 10.0 Å². The molecular weight excluding hydrogens is 430 g/mol. The van der Waals surface area contributed by atoms with Crippen molar-refractivity contribution in [1.82, 2.24) is 4.83 Å². The standard InChI is InChI=1S/C27H41N3O2S/c1-4-5-6-7-8-9-10-11-12-13-14-24-17-21-27(22-18-24)33(31,32)29-28-23-25-15-19-26(20-16-25)30(2)3/h15-23,29H,4-14H2,1-3H3. The van der Waals surface area contributed by atoms with Crippen LogP contribution in [0.4, 0.5) is 5.69 Å². The molecule has 33 heavy (non-hydrogen) atoms. The minimum atomic E-state index is -3.67. The number of nitrogens with zero attached hydrogens (tertiary/aromatic N) is 2. The van der Waals surface area contributed by atoms with E-state index in [0.29, 0.717) is 0 Å². The van der Waals surface area contributed by atoms with Crippen LogP contribution in [0.1, 0.15) is 82.3 Å². The second-order valence-corrected chi connectivity index (χ2v) is 10.6. The average molecular weight is 472 g/mol. The summed E-state index contributed by atoms with van der Waals surface area (Å²) in [5.41, 5.74) is 3.08. The molecule has 2 aromatic carbocycles. The molecule has 0 atom stereocenters. The first kappa shape index (κ1) is 26.9. The van der Waals surface area contributed by atoms with Crippen molar-refractivity contribution in [3.63, 3.8) is 0 Å². The summed E-state index contributed by atoms with van der Waals surface area (Å²) in [5, 5.41) is 3.92. The third-order valence-corrected chi connectivity index (χ3v) is 7.09. The van der Waals surface area contributed by atoms with Gasteiger partial charge in [-0.2, -0.15) is 13.5 Å². The molecular formula is C27H41N3O2S. The summed E-state index contributed by atoms with van der Waals surface area (Å²) < 4.78 is 25.0. The van der Waals surface area contributed by atoms with Crippen molar-refractivity contribution in [3.8, 4) is 0 Å². The van der Waals surface area contributed by atoms with E-state index in [1.54, 1.807) is 12.1 Å². The number of unbranched alkanes of at least 4 members (excludes halogenated alkanes) is 9. The maximum Gasteiger partial charge on any atom is 0.276 e. The minimum Gasteiger partial charge on any atom is -0.378 e. The van der Waals surface area contributed by atoms with Gasteiger partial charge in [-0.15, -0.1) is 0 Å². The smallest absolute Gasteiger partial charge is 0.276 e. The fourth-order valence-electron chi connectivity index (χ4n) is 3.73. The lowest BCUT2D eigenvalue weighted by Gasteiger charge is -2.11. The van der Waals surface area contributed by atoms with Crippen molar-refractivity contribution in [1.29, 1.82) is 0 Å². The SMILES string of the molecule is CCCCCCCCCCCCc1ccc(S(=O)(=O)NN=Cc2ccc(N(C)C)cc2)cc1. The second kappa shape index (κ2) is 14.7. The van der Waals surface area contributed by atoms with E-state index in [4.69, 9.17) is 0 Å². The zero-order valence-electron chi connectivity index (χ0n) is 20.6. The Balaban J connectivity index is 1.70. The number of benzene rings is 2. The molecule has 0 fully saturated rings. The molecule has 0 unspecified atom stereocenters. The second-order valence-electron chi connectivity index (χ2n) is 8.91. The Morgan fingerprint density at radius 3 is 1.88 bits per heavy atom. The van der Waals surface area contributed by atoms with E-state index < -0.39 is 10.0 Å². The molecule has 0 radical (unpaired) electrons. The molecule has 0 saturated heterocycles. The van der Waals surface area contributed by atoms with Crippen molar-refractivity contribution < 1.29 is 8.42 Å². The summed E-state index contributed by atoms with van der Waals surface area (Å²) >= 11 is 0. The summed E-state index contributed by atoms with van der Waals surface area (Å²) in [7, 11) is 0.275. The fourth-order valence-corrected chi connectivity index (χ4v) is 4.52. The van der Waals surface area contributed by atoms with Gasteiger partial charge < -0.3 is 4.90 Å². The van der Waals surface area contributed by atoms with Crippen LogP contribution in [0, 0.1) is 0 Å². The number of hydrogen-bond acceptors (Lipinski definition) is 4. The van der Waals surface area contributed by atoms with Gasteiger partial charge in [-0.25, -0.2) is 4.83 Å². The van der Waals surface area contributed by atoms with Crippen LogP contribution in [0.2, 0.25) is 0 Å². The van der Waals surface area contributed by atoms with E-state index in [0.717, 1.165) is 24.1 Å². The molecule has 0 heterocycles. The maximum atomic E-state index is 12.5. The Labute approximate surface area is 201 Å². The van der Waals surface area contributed by atoms with Crippen LogP contribution in [0.3, 0.4) is 0 Å². The average Bonchev–Trinajstić information content (AvgIpc) is 2.81. The minimum absolute atomic E-state index is 0.231. The monoisotopic (exact) mass is 471 g/mol. The summed E-state index contributed by atoms with van der Waals surface area (Å²) in [4.78, 5) is 4.53. The lowest BCUT2D eigenvalue weighted by molar-refractivity contribution is 0.556. The normalized spacial score (nSPS) is 11.7. The Morgan fingerprint density at radius 2 is 1.33 bits per heavy atom. The number of hydrogen-bond donors (Lipinski definition) is 1. The molecule has 2 rings (SSSR count). The summed E-state index contributed by atoms with van der Waals surface area (Å²) in [6.07, 6.45) is 15.7. The van der Waals surface area contributed by atoms with Gasteiger partial charge in [0.05, 0.1) is 11.1 Å². The van der Waals surface area contributed by atoms with Crippen molar-refractivity contribution in [2.24, 2.45) is 5.10 Å². The predicted octanol–water partition coefficient (Wildman–Crippen LogP) is 6.53. The molecule has 0 aliphatic carbocycles. The summed E-state index contributed by atoms with van der Waals surface area (Å²) in [5.74, 6) is 0. The molecule has 5 nitrogen and oxygen atoms in total. The highest BCUT2D eigenvalue weighted by atomic mass is 32.2. The highest BCUT2D eigenvalue weighted by Gasteiger charge is 2.12. The first-order valence-corrected chi connectivity index (χ1v) is 13.8. The zero-order chi connectivity index (χ0) is 23.9. The van der Waals surface area contributed by atoms with Crippen LogP contribution in [-0.4, -0.2) is 28.7 Å². The third-order valence-electron chi connectivity index (χ3n) is 5.85. The maximum absolute atomic E-state index is 12.5. The molecule has 0 amide bonds. The Hall–Kier alpha value is -2.34. The molecule has 0 bridgehead atoms. The molecule has 0 aromatic heterocycles. The number of anilines is 1. The highest BCUT2D eigenvalue weighted by molar-refractivity contribution is 7.89. The molecule has 0 spiro atoms. The van der Waals surface area contributed by atoms with Gasteiger partial charge in [-0.05, 0) is 48.2 Å². The zero-order valence-corrected chi connectivity index (χ0v) is 21.4. The lowest BCUT2D eigenvalue weighted by atomic mass is 10.0. The molecule has 6 heteroatoms. The van der Waals surface area contributed by atoms with Crippen LogP contribution in [0.25, 0.3) is 0 Å². The third kappa shape index (κ3) is 10.4. The van der Waals surface area contributed by atoms with Gasteiger partial charge in [0.1, 0.15) is 0 Å². The fraction of sp³-hybridized carbons (Fsp3) is 0.519. The van der Waals surface area contributed by atoms with E-state index >= 15 is 0 Å². The van der Waals surface area contributed by atoms with Crippen molar-refractivity contribution in [2.45, 2.75) is 82.4 Å². The van der Waals surface area contributed by atoms with Gasteiger partial charge in [0.2, 0.25) is 0 Å². The Kier molecular flexibility index (Phi) is 12.0. The molecule has 182 valence electrons. The first-order chi connectivity index (χ1) is 15.9. The lowest BCUT2D eigenvalue weighted by Crippen LogP contribution is -2.18. The van der Waals surface area contributed by atoms with Crippen LogP contribution in [0.15, 0.2) is 58.5 Å². The largest absolute Gasteiger partial charge is 0.378 e. The predicted molar refractivity (Wildman–Crippen MR) is 141 cm³/mol. The van der Waals surface area contributed by atoms with Crippen LogP contribution in [0.5, 0.6) is 0 Å². The van der Waals surface area contributed by atoms with Crippen molar-refractivity contribution >= 4 is 21.9 Å². The Bertz CT molecular complexity index is 921. The molecule has 2 aromatic rings. The topological polar surface area (TPSA) is 61.8 Å². The molecule has 1 N–H and O–H groups in total. The van der Waals surface area contributed by atoms with Crippen molar-refractivity contribution in [3.05, 3.63) is 59.7 Å². The number of sulfonamides is 1. The van der Waals surface area contributed by atoms with Crippen molar-refractivity contribution in [2.75, 3.05) is 19.0 Å². The van der Waals surface area contributed by atoms with Gasteiger partial charge in [-0.1, -0.05) is 89.0 Å². The number of hydrazone groups is 1. The quantitative estimate of drug-likeness (QED) is 0.172. The van der Waals surface area contributed by atoms with E-state index in [1.165, 1.54) is 69.6 Å². The summed E-state index contributed by atoms with van der Waals surface area (Å²) in [6, 6.07) is 14.9. The highest BCUT2D eigenvalue weighted by Crippen LogP contribution is 2.15. The first-order valence-electron chi connectivity index (χ1n) is 12.3. The van der Waals surface area contributed by atoms with E-state index in [2.05, 4.69) is 16.9 Å². The van der Waals surface area contributed by atoms with Gasteiger partial charge in [0.15, 0.2) is 0 Å². The van der Waals surface area contributed by atoms with Crippen LogP contribution in [-0.2, 0) is 16.4 Å². The molecule has 0 saturated carbocycles. The number of aryl methyl sites for hydroxylation is 1. The van der Waals surface area contributed by atoms with Gasteiger partial charge >= 0.3 is 0 Å². The molecule has 0 aliphatic rings. The summed E-state index contributed by atoms with van der Waals surface area (Å²) in [6.45, 7) is 2.26. The van der Waals surface area contributed by atoms with E-state index in [9.17, 15) is 8.42 Å².